The first-order valence-corrected chi connectivity index (χ1v) is 6.85. The van der Waals surface area contributed by atoms with Crippen molar-refractivity contribution in [1.82, 2.24) is 9.80 Å². The predicted molar refractivity (Wildman–Crippen MR) is 81.8 cm³/mol. The number of thiocarbonyl (C=S) groups is 1. The van der Waals surface area contributed by atoms with E-state index in [2.05, 4.69) is 4.90 Å². The fourth-order valence-electron chi connectivity index (χ4n) is 2.24. The molecule has 1 aromatic rings. The molecule has 0 saturated carbocycles. The second kappa shape index (κ2) is 6.19. The first-order valence-electron chi connectivity index (χ1n) is 6.44. The first-order chi connectivity index (χ1) is 9.51. The molecule has 2 N–H and O–H groups in total. The van der Waals surface area contributed by atoms with Crippen molar-refractivity contribution in [2.75, 3.05) is 33.8 Å². The second-order valence-corrected chi connectivity index (χ2v) is 5.36. The van der Waals surface area contributed by atoms with Crippen molar-refractivity contribution in [1.29, 1.82) is 0 Å². The molecule has 0 bridgehead atoms. The Balaban J connectivity index is 2.10. The van der Waals surface area contributed by atoms with Crippen molar-refractivity contribution in [3.63, 3.8) is 0 Å². The lowest BCUT2D eigenvalue weighted by molar-refractivity contribution is -0.134. The van der Waals surface area contributed by atoms with Crippen LogP contribution >= 0.6 is 12.2 Å². The van der Waals surface area contributed by atoms with Crippen molar-refractivity contribution < 1.29 is 9.53 Å². The molecular formula is C14H19N3O2S. The van der Waals surface area contributed by atoms with Gasteiger partial charge in [-0.1, -0.05) is 18.3 Å². The number of methoxy groups -OCH3 is 1. The number of ether oxygens (including phenoxy) is 1. The van der Waals surface area contributed by atoms with Crippen LogP contribution in [0, 0.1) is 0 Å². The molecule has 1 heterocycles. The lowest BCUT2D eigenvalue weighted by Crippen LogP contribution is -2.47. The number of hydrogen-bond donors (Lipinski definition) is 1. The van der Waals surface area contributed by atoms with Gasteiger partial charge in [-0.3, -0.25) is 9.69 Å². The maximum atomic E-state index is 11.7. The molecule has 2 rings (SSSR count). The average Bonchev–Trinajstić information content (AvgIpc) is 2.42. The number of rotatable bonds is 4. The molecule has 0 aromatic heterocycles. The van der Waals surface area contributed by atoms with Crippen LogP contribution in [0.25, 0.3) is 0 Å². The second-order valence-electron chi connectivity index (χ2n) is 4.92. The van der Waals surface area contributed by atoms with Crippen molar-refractivity contribution in [2.45, 2.75) is 6.54 Å². The monoisotopic (exact) mass is 293 g/mol. The van der Waals surface area contributed by atoms with Crippen LogP contribution in [0.1, 0.15) is 11.1 Å². The van der Waals surface area contributed by atoms with Gasteiger partial charge in [-0.25, -0.2) is 0 Å². The van der Waals surface area contributed by atoms with Gasteiger partial charge in [0.15, 0.2) is 0 Å². The third kappa shape index (κ3) is 3.26. The van der Waals surface area contributed by atoms with E-state index < -0.39 is 0 Å². The highest BCUT2D eigenvalue weighted by atomic mass is 32.1. The van der Waals surface area contributed by atoms with Crippen LogP contribution < -0.4 is 10.5 Å². The highest BCUT2D eigenvalue weighted by Crippen LogP contribution is 2.21. The molecule has 1 saturated heterocycles. The Bertz CT molecular complexity index is 533. The fraction of sp³-hybridized carbons (Fsp3) is 0.429. The number of carbonyl (C=O) groups is 1. The van der Waals surface area contributed by atoms with Crippen LogP contribution in [0.3, 0.4) is 0 Å². The van der Waals surface area contributed by atoms with Crippen LogP contribution in [-0.2, 0) is 11.3 Å². The molecule has 1 aromatic carbocycles. The minimum Gasteiger partial charge on any atom is -0.496 e. The zero-order valence-electron chi connectivity index (χ0n) is 11.8. The Kier molecular flexibility index (Phi) is 4.57. The van der Waals surface area contributed by atoms with Crippen molar-refractivity contribution in [3.05, 3.63) is 29.3 Å². The molecule has 1 amide bonds. The van der Waals surface area contributed by atoms with Crippen LogP contribution in [0.4, 0.5) is 0 Å². The Hall–Kier alpha value is -1.66. The van der Waals surface area contributed by atoms with Gasteiger partial charge in [-0.2, -0.15) is 0 Å². The molecule has 1 fully saturated rings. The van der Waals surface area contributed by atoms with Gasteiger partial charge < -0.3 is 15.4 Å². The summed E-state index contributed by atoms with van der Waals surface area (Å²) in [6, 6.07) is 5.77. The number of likely N-dealkylation sites (N-methyl/N-ethyl adjacent to an activating group) is 1. The molecule has 0 unspecified atom stereocenters. The van der Waals surface area contributed by atoms with Crippen molar-refractivity contribution in [3.8, 4) is 5.75 Å². The quantitative estimate of drug-likeness (QED) is 0.824. The number of hydrogen-bond acceptors (Lipinski definition) is 4. The number of nitrogens with zero attached hydrogens (tertiary/aromatic N) is 2. The molecule has 1 aliphatic heterocycles. The van der Waals surface area contributed by atoms with Gasteiger partial charge in [0.25, 0.3) is 0 Å². The zero-order chi connectivity index (χ0) is 14.7. The summed E-state index contributed by atoms with van der Waals surface area (Å²) in [6.07, 6.45) is 0. The molecule has 0 aliphatic carbocycles. The zero-order valence-corrected chi connectivity index (χ0v) is 12.6. The first kappa shape index (κ1) is 14.7. The normalized spacial score (nSPS) is 16.3. The Morgan fingerprint density at radius 2 is 2.20 bits per heavy atom. The van der Waals surface area contributed by atoms with Crippen LogP contribution in [-0.4, -0.2) is 54.5 Å². The largest absolute Gasteiger partial charge is 0.496 e. The SMILES string of the molecule is COc1cc(CN2CCN(C)C(=O)C2)ccc1C(N)=S. The maximum Gasteiger partial charge on any atom is 0.236 e. The van der Waals surface area contributed by atoms with Gasteiger partial charge in [0.05, 0.1) is 19.2 Å². The predicted octanol–water partition coefficient (Wildman–Crippen LogP) is 0.603. The molecular weight excluding hydrogens is 274 g/mol. The van der Waals surface area contributed by atoms with Crippen LogP contribution in [0.2, 0.25) is 0 Å². The number of piperazine rings is 1. The van der Waals surface area contributed by atoms with Gasteiger partial charge in [0, 0.05) is 26.7 Å². The summed E-state index contributed by atoms with van der Waals surface area (Å²) in [5, 5.41) is 0. The maximum absolute atomic E-state index is 11.7. The number of benzene rings is 1. The smallest absolute Gasteiger partial charge is 0.236 e. The van der Waals surface area contributed by atoms with Gasteiger partial charge >= 0.3 is 0 Å². The number of nitrogens with two attached hydrogens (primary N) is 1. The van der Waals surface area contributed by atoms with E-state index in [0.29, 0.717) is 23.8 Å². The summed E-state index contributed by atoms with van der Waals surface area (Å²) in [5.74, 6) is 0.832. The molecule has 1 aliphatic rings. The summed E-state index contributed by atoms with van der Waals surface area (Å²) in [6.45, 7) is 2.81. The molecule has 108 valence electrons. The molecule has 0 spiro atoms. The Morgan fingerprint density at radius 3 is 2.80 bits per heavy atom. The lowest BCUT2D eigenvalue weighted by atomic mass is 10.1. The minimum atomic E-state index is 0.156. The highest BCUT2D eigenvalue weighted by Gasteiger charge is 2.21. The molecule has 5 nitrogen and oxygen atoms in total. The van der Waals surface area contributed by atoms with Gasteiger partial charge in [0.1, 0.15) is 10.7 Å². The van der Waals surface area contributed by atoms with Crippen molar-refractivity contribution >= 4 is 23.1 Å². The van der Waals surface area contributed by atoms with E-state index in [4.69, 9.17) is 22.7 Å². The average molecular weight is 293 g/mol. The topological polar surface area (TPSA) is 58.8 Å². The molecule has 0 atom stereocenters. The van der Waals surface area contributed by atoms with E-state index >= 15 is 0 Å². The molecule has 0 radical (unpaired) electrons. The molecule has 20 heavy (non-hydrogen) atoms. The number of carbonyl (C=O) groups excluding carboxylic acids is 1. The third-order valence-electron chi connectivity index (χ3n) is 3.47. The fourth-order valence-corrected chi connectivity index (χ4v) is 2.41. The summed E-state index contributed by atoms with van der Waals surface area (Å²) < 4.78 is 5.31. The summed E-state index contributed by atoms with van der Waals surface area (Å²) in [4.78, 5) is 15.9. The van der Waals surface area contributed by atoms with Gasteiger partial charge in [0.2, 0.25) is 5.91 Å². The highest BCUT2D eigenvalue weighted by molar-refractivity contribution is 7.80. The summed E-state index contributed by atoms with van der Waals surface area (Å²) >= 11 is 4.99. The Labute approximate surface area is 124 Å². The molecule has 6 heteroatoms. The summed E-state index contributed by atoms with van der Waals surface area (Å²) in [5.41, 5.74) is 7.47. The third-order valence-corrected chi connectivity index (χ3v) is 3.69. The van der Waals surface area contributed by atoms with Gasteiger partial charge in [-0.15, -0.1) is 0 Å². The lowest BCUT2D eigenvalue weighted by Gasteiger charge is -2.32. The van der Waals surface area contributed by atoms with E-state index in [-0.39, 0.29) is 5.91 Å². The van der Waals surface area contributed by atoms with E-state index in [1.54, 1.807) is 12.0 Å². The van der Waals surface area contributed by atoms with Crippen molar-refractivity contribution in [2.24, 2.45) is 5.73 Å². The standard InChI is InChI=1S/C14H19N3O2S/c1-16-5-6-17(9-13(16)18)8-10-3-4-11(14(15)20)12(7-10)19-2/h3-4,7H,5-6,8-9H2,1-2H3,(H2,15,20). The van der Waals surface area contributed by atoms with Crippen LogP contribution in [0.15, 0.2) is 18.2 Å². The minimum absolute atomic E-state index is 0.156. The van der Waals surface area contributed by atoms with Crippen LogP contribution in [0.5, 0.6) is 5.75 Å². The van der Waals surface area contributed by atoms with E-state index in [1.807, 2.05) is 25.2 Å². The Morgan fingerprint density at radius 1 is 1.45 bits per heavy atom. The van der Waals surface area contributed by atoms with E-state index in [1.165, 1.54) is 0 Å². The van der Waals surface area contributed by atoms with E-state index in [0.717, 1.165) is 24.2 Å². The summed E-state index contributed by atoms with van der Waals surface area (Å²) in [7, 11) is 3.43. The number of amides is 1. The van der Waals surface area contributed by atoms with E-state index in [9.17, 15) is 4.79 Å². The van der Waals surface area contributed by atoms with Gasteiger partial charge in [-0.05, 0) is 17.7 Å².